The maximum absolute atomic E-state index is 5.23. The highest BCUT2D eigenvalue weighted by atomic mass is 16.5. The van der Waals surface area contributed by atoms with E-state index in [2.05, 4.69) is 59.3 Å². The minimum absolute atomic E-state index is 0.389. The van der Waals surface area contributed by atoms with E-state index in [0.29, 0.717) is 6.04 Å². The van der Waals surface area contributed by atoms with Crippen LogP contribution in [-0.2, 0) is 6.42 Å². The molecular weight excluding hydrogens is 258 g/mol. The van der Waals surface area contributed by atoms with E-state index in [1.165, 1.54) is 22.4 Å². The summed E-state index contributed by atoms with van der Waals surface area (Å²) in [5.41, 5.74) is 5.44. The highest BCUT2D eigenvalue weighted by Gasteiger charge is 2.27. The largest absolute Gasteiger partial charge is 0.497 e. The molecule has 0 saturated heterocycles. The number of hydrogen-bond donors (Lipinski definition) is 0. The van der Waals surface area contributed by atoms with Gasteiger partial charge in [-0.3, -0.25) is 0 Å². The molecule has 0 fully saturated rings. The summed E-state index contributed by atoms with van der Waals surface area (Å²) in [4.78, 5) is 0. The molecule has 0 bridgehead atoms. The van der Waals surface area contributed by atoms with Crippen molar-refractivity contribution in [2.24, 2.45) is 0 Å². The molecule has 0 saturated carbocycles. The molecular formula is C19H17NO. The maximum Gasteiger partial charge on any atom is 0.118 e. The van der Waals surface area contributed by atoms with Gasteiger partial charge in [0, 0.05) is 17.5 Å². The van der Waals surface area contributed by atoms with E-state index in [1.807, 2.05) is 12.1 Å². The first-order valence-electron chi connectivity index (χ1n) is 7.26. The first-order chi connectivity index (χ1) is 10.4. The number of nitrogens with zero attached hydrogens (tertiary/aromatic N) is 1. The summed E-state index contributed by atoms with van der Waals surface area (Å²) < 4.78 is 7.62. The number of aromatic nitrogens is 1. The van der Waals surface area contributed by atoms with Crippen molar-refractivity contribution < 1.29 is 4.74 Å². The Balaban J connectivity index is 1.72. The predicted molar refractivity (Wildman–Crippen MR) is 84.7 cm³/mol. The second-order valence-corrected chi connectivity index (χ2v) is 5.46. The van der Waals surface area contributed by atoms with Crippen LogP contribution in [0.1, 0.15) is 17.2 Å². The number of fused-ring (bicyclic) bond motifs is 3. The van der Waals surface area contributed by atoms with Crippen molar-refractivity contribution >= 4 is 0 Å². The number of rotatable bonds is 3. The number of ether oxygens (including phenoxy) is 1. The molecule has 1 aliphatic rings. The summed E-state index contributed by atoms with van der Waals surface area (Å²) in [6, 6.07) is 21.8. The Labute approximate surface area is 124 Å². The van der Waals surface area contributed by atoms with Crippen molar-refractivity contribution in [2.75, 3.05) is 7.11 Å². The lowest BCUT2D eigenvalue weighted by Gasteiger charge is -2.15. The van der Waals surface area contributed by atoms with Crippen LogP contribution in [0.4, 0.5) is 0 Å². The fraction of sp³-hybridized carbons (Fsp3) is 0.158. The Hall–Kier alpha value is -2.48. The molecule has 2 heteroatoms. The molecule has 0 radical (unpaired) electrons. The van der Waals surface area contributed by atoms with Gasteiger partial charge in [0.1, 0.15) is 5.75 Å². The molecule has 104 valence electrons. The second kappa shape index (κ2) is 4.81. The zero-order chi connectivity index (χ0) is 14.2. The van der Waals surface area contributed by atoms with E-state index in [0.717, 1.165) is 12.2 Å². The summed E-state index contributed by atoms with van der Waals surface area (Å²) in [6.45, 7) is 0. The van der Waals surface area contributed by atoms with Crippen LogP contribution >= 0.6 is 0 Å². The van der Waals surface area contributed by atoms with Crippen molar-refractivity contribution in [3.63, 3.8) is 0 Å². The van der Waals surface area contributed by atoms with Gasteiger partial charge < -0.3 is 9.30 Å². The van der Waals surface area contributed by atoms with Gasteiger partial charge in [0.25, 0.3) is 0 Å². The van der Waals surface area contributed by atoms with E-state index in [9.17, 15) is 0 Å². The van der Waals surface area contributed by atoms with Gasteiger partial charge in [-0.15, -0.1) is 0 Å². The van der Waals surface area contributed by atoms with Crippen LogP contribution in [0.3, 0.4) is 0 Å². The van der Waals surface area contributed by atoms with Crippen molar-refractivity contribution in [3.05, 3.63) is 78.0 Å². The van der Waals surface area contributed by atoms with E-state index in [4.69, 9.17) is 4.74 Å². The highest BCUT2D eigenvalue weighted by molar-refractivity contribution is 5.70. The molecule has 0 N–H and O–H groups in total. The van der Waals surface area contributed by atoms with E-state index in [1.54, 1.807) is 7.11 Å². The Morgan fingerprint density at radius 1 is 0.952 bits per heavy atom. The van der Waals surface area contributed by atoms with Crippen molar-refractivity contribution in [3.8, 4) is 17.0 Å². The van der Waals surface area contributed by atoms with Crippen LogP contribution in [0.5, 0.6) is 5.75 Å². The fourth-order valence-corrected chi connectivity index (χ4v) is 3.26. The third kappa shape index (κ3) is 1.95. The lowest BCUT2D eigenvalue weighted by Crippen LogP contribution is -2.08. The second-order valence-electron chi connectivity index (χ2n) is 5.46. The predicted octanol–water partition coefficient (Wildman–Crippen LogP) is 4.31. The number of methoxy groups -OCH3 is 1. The van der Waals surface area contributed by atoms with Gasteiger partial charge in [0.15, 0.2) is 0 Å². The monoisotopic (exact) mass is 275 g/mol. The van der Waals surface area contributed by atoms with Gasteiger partial charge >= 0.3 is 0 Å². The molecule has 1 aliphatic heterocycles. The van der Waals surface area contributed by atoms with Crippen LogP contribution < -0.4 is 4.74 Å². The summed E-state index contributed by atoms with van der Waals surface area (Å²) in [5, 5.41) is 0. The molecule has 0 aliphatic carbocycles. The van der Waals surface area contributed by atoms with Gasteiger partial charge in [-0.25, -0.2) is 0 Å². The molecule has 3 aromatic rings. The number of hydrogen-bond acceptors (Lipinski definition) is 1. The van der Waals surface area contributed by atoms with Crippen LogP contribution in [0.2, 0.25) is 0 Å². The Kier molecular flexibility index (Phi) is 2.81. The quantitative estimate of drug-likeness (QED) is 0.694. The first-order valence-corrected chi connectivity index (χ1v) is 7.26. The third-order valence-electron chi connectivity index (χ3n) is 4.30. The normalized spacial score (nSPS) is 15.6. The Bertz CT molecular complexity index is 770. The van der Waals surface area contributed by atoms with Crippen LogP contribution in [0.15, 0.2) is 66.9 Å². The van der Waals surface area contributed by atoms with Gasteiger partial charge in [0.05, 0.1) is 13.2 Å². The minimum atomic E-state index is 0.389. The average Bonchev–Trinajstić information content (AvgIpc) is 3.11. The van der Waals surface area contributed by atoms with Gasteiger partial charge in [0.2, 0.25) is 0 Å². The summed E-state index contributed by atoms with van der Waals surface area (Å²) >= 11 is 0. The fourth-order valence-electron chi connectivity index (χ4n) is 3.26. The first kappa shape index (κ1) is 12.3. The minimum Gasteiger partial charge on any atom is -0.497 e. The van der Waals surface area contributed by atoms with Crippen LogP contribution in [0.25, 0.3) is 11.3 Å². The SMILES string of the molecule is COc1ccc(CC2c3ccccc3-c3cccn32)cc1. The van der Waals surface area contributed by atoms with Crippen LogP contribution in [-0.4, -0.2) is 11.7 Å². The van der Waals surface area contributed by atoms with Crippen molar-refractivity contribution in [1.29, 1.82) is 0 Å². The molecule has 1 atom stereocenters. The molecule has 1 aromatic heterocycles. The lowest BCUT2D eigenvalue weighted by molar-refractivity contribution is 0.414. The van der Waals surface area contributed by atoms with E-state index < -0.39 is 0 Å². The van der Waals surface area contributed by atoms with Crippen LogP contribution in [0, 0.1) is 0 Å². The lowest BCUT2D eigenvalue weighted by atomic mass is 9.97. The molecule has 4 rings (SSSR count). The molecule has 2 aromatic carbocycles. The molecule has 2 heterocycles. The van der Waals surface area contributed by atoms with Gasteiger partial charge in [-0.2, -0.15) is 0 Å². The summed E-state index contributed by atoms with van der Waals surface area (Å²) in [5.74, 6) is 0.909. The maximum atomic E-state index is 5.23. The third-order valence-corrected chi connectivity index (χ3v) is 4.30. The molecule has 0 spiro atoms. The van der Waals surface area contributed by atoms with E-state index in [-0.39, 0.29) is 0 Å². The van der Waals surface area contributed by atoms with Gasteiger partial charge in [-0.1, -0.05) is 36.4 Å². The van der Waals surface area contributed by atoms with Gasteiger partial charge in [-0.05, 0) is 41.8 Å². The summed E-state index contributed by atoms with van der Waals surface area (Å²) in [7, 11) is 1.70. The standard InChI is InChI=1S/C19H17NO/c1-21-15-10-8-14(9-11-15)13-19-17-6-3-2-5-16(17)18-7-4-12-20(18)19/h2-12,19H,13H2,1H3. The highest BCUT2D eigenvalue weighted by Crippen LogP contribution is 2.41. The molecule has 2 nitrogen and oxygen atoms in total. The number of benzene rings is 2. The molecule has 1 unspecified atom stereocenters. The summed E-state index contributed by atoms with van der Waals surface area (Å²) in [6.07, 6.45) is 3.19. The van der Waals surface area contributed by atoms with Crippen molar-refractivity contribution in [2.45, 2.75) is 12.5 Å². The van der Waals surface area contributed by atoms with E-state index >= 15 is 0 Å². The smallest absolute Gasteiger partial charge is 0.118 e. The topological polar surface area (TPSA) is 14.2 Å². The van der Waals surface area contributed by atoms with Crippen molar-refractivity contribution in [1.82, 2.24) is 4.57 Å². The zero-order valence-corrected chi connectivity index (χ0v) is 12.0. The Morgan fingerprint density at radius 2 is 1.76 bits per heavy atom. The average molecular weight is 275 g/mol. The molecule has 21 heavy (non-hydrogen) atoms. The molecule has 0 amide bonds. The zero-order valence-electron chi connectivity index (χ0n) is 12.0. The Morgan fingerprint density at radius 3 is 2.57 bits per heavy atom.